The van der Waals surface area contributed by atoms with E-state index in [9.17, 15) is 4.79 Å². The number of benzene rings is 1. The van der Waals surface area contributed by atoms with Crippen LogP contribution in [0.2, 0.25) is 0 Å². The molecule has 2 aromatic rings. The summed E-state index contributed by atoms with van der Waals surface area (Å²) in [7, 11) is 0. The van der Waals surface area contributed by atoms with Gasteiger partial charge < -0.3 is 14.6 Å². The molecule has 0 aliphatic heterocycles. The van der Waals surface area contributed by atoms with E-state index in [0.717, 1.165) is 35.2 Å². The van der Waals surface area contributed by atoms with E-state index in [2.05, 4.69) is 26.7 Å². The number of nitrogens with zero attached hydrogens (tertiary/aromatic N) is 3. The van der Waals surface area contributed by atoms with Gasteiger partial charge in [0.15, 0.2) is 5.16 Å². The Morgan fingerprint density at radius 2 is 1.91 bits per heavy atom. The number of hydrogen-bond acceptors (Lipinski definition) is 5. The van der Waals surface area contributed by atoms with E-state index in [1.165, 1.54) is 50.3 Å². The molecule has 0 radical (unpaired) electrons. The number of rotatable bonds is 10. The van der Waals surface area contributed by atoms with Crippen molar-refractivity contribution < 1.29 is 9.53 Å². The van der Waals surface area contributed by atoms with Gasteiger partial charge in [-0.25, -0.2) is 0 Å². The first-order valence-corrected chi connectivity index (χ1v) is 13.2. The van der Waals surface area contributed by atoms with Gasteiger partial charge in [0, 0.05) is 13.0 Å². The van der Waals surface area contributed by atoms with Crippen molar-refractivity contribution in [3.8, 4) is 5.75 Å². The van der Waals surface area contributed by atoms with Gasteiger partial charge in [-0.15, -0.1) is 16.8 Å². The fourth-order valence-corrected chi connectivity index (χ4v) is 7.65. The summed E-state index contributed by atoms with van der Waals surface area (Å²) in [4.78, 5) is 12.7. The smallest absolute Gasteiger partial charge is 0.234 e. The SMILES string of the molecule is C=CCn1c(CC23CC4CC(CC(C4)C2)C3)nnc1SCC(=O)Nc1ccccc1OCC. The lowest BCUT2D eigenvalue weighted by atomic mass is 9.49. The van der Waals surface area contributed by atoms with E-state index < -0.39 is 0 Å². The topological polar surface area (TPSA) is 69.0 Å². The Labute approximate surface area is 200 Å². The number of aromatic nitrogens is 3. The minimum atomic E-state index is -0.0806. The fraction of sp³-hybridized carbons (Fsp3) is 0.577. The molecule has 1 amide bonds. The van der Waals surface area contributed by atoms with Crippen molar-refractivity contribution in [2.75, 3.05) is 17.7 Å². The molecular weight excluding hydrogens is 432 g/mol. The normalized spacial score (nSPS) is 27.5. The Kier molecular flexibility index (Phi) is 6.50. The predicted octanol–water partition coefficient (Wildman–Crippen LogP) is 5.35. The molecule has 4 aliphatic rings. The summed E-state index contributed by atoms with van der Waals surface area (Å²) in [5, 5.41) is 12.8. The lowest BCUT2D eigenvalue weighted by Gasteiger charge is -2.56. The summed E-state index contributed by atoms with van der Waals surface area (Å²) in [5.41, 5.74) is 1.10. The van der Waals surface area contributed by atoms with Gasteiger partial charge in [0.05, 0.1) is 18.0 Å². The average Bonchev–Trinajstić information content (AvgIpc) is 3.14. The standard InChI is InChI=1S/C26H34N4O2S/c1-3-9-30-23(16-26-13-18-10-19(14-26)12-20(11-18)15-26)28-29-25(30)33-17-24(31)27-21-7-5-6-8-22(21)32-4-2/h3,5-8,18-20H,1,4,9-17H2,2H3,(H,27,31). The molecule has 4 bridgehead atoms. The predicted molar refractivity (Wildman–Crippen MR) is 131 cm³/mol. The zero-order valence-corrected chi connectivity index (χ0v) is 20.3. The number of para-hydroxylation sites is 2. The third-order valence-corrected chi connectivity index (χ3v) is 8.56. The maximum absolute atomic E-state index is 12.7. The van der Waals surface area contributed by atoms with Crippen molar-refractivity contribution in [3.63, 3.8) is 0 Å². The maximum Gasteiger partial charge on any atom is 0.234 e. The molecule has 1 aromatic carbocycles. The minimum Gasteiger partial charge on any atom is -0.492 e. The van der Waals surface area contributed by atoms with Crippen LogP contribution in [0.1, 0.15) is 51.3 Å². The van der Waals surface area contributed by atoms with Crippen LogP contribution in [-0.4, -0.2) is 33.0 Å². The van der Waals surface area contributed by atoms with Crippen LogP contribution < -0.4 is 10.1 Å². The first-order chi connectivity index (χ1) is 16.1. The number of nitrogens with one attached hydrogen (secondary N) is 1. The van der Waals surface area contributed by atoms with Crippen LogP contribution in [0.5, 0.6) is 5.75 Å². The summed E-state index contributed by atoms with van der Waals surface area (Å²) in [6, 6.07) is 7.52. The van der Waals surface area contributed by atoms with Crippen molar-refractivity contribution in [1.82, 2.24) is 14.8 Å². The first-order valence-electron chi connectivity index (χ1n) is 12.2. The fourth-order valence-electron chi connectivity index (χ4n) is 6.88. The van der Waals surface area contributed by atoms with Crippen molar-refractivity contribution in [3.05, 3.63) is 42.7 Å². The molecule has 0 atom stereocenters. The van der Waals surface area contributed by atoms with Gasteiger partial charge in [-0.2, -0.15) is 0 Å². The number of ether oxygens (including phenoxy) is 1. The number of hydrogen-bond donors (Lipinski definition) is 1. The van der Waals surface area contributed by atoms with E-state index >= 15 is 0 Å². The van der Waals surface area contributed by atoms with Crippen LogP contribution in [0.25, 0.3) is 0 Å². The zero-order valence-electron chi connectivity index (χ0n) is 19.5. The molecule has 0 spiro atoms. The molecule has 0 unspecified atom stereocenters. The van der Waals surface area contributed by atoms with Crippen molar-refractivity contribution >= 4 is 23.4 Å². The lowest BCUT2D eigenvalue weighted by Crippen LogP contribution is -2.47. The second kappa shape index (κ2) is 9.53. The molecule has 0 saturated heterocycles. The van der Waals surface area contributed by atoms with Crippen molar-refractivity contribution in [1.29, 1.82) is 0 Å². The highest BCUT2D eigenvalue weighted by Crippen LogP contribution is 2.61. The molecule has 6 nitrogen and oxygen atoms in total. The molecule has 176 valence electrons. The molecule has 4 aliphatic carbocycles. The van der Waals surface area contributed by atoms with Crippen LogP contribution in [0.4, 0.5) is 5.69 Å². The number of carbonyl (C=O) groups excluding carboxylic acids is 1. The lowest BCUT2D eigenvalue weighted by molar-refractivity contribution is -0.113. The first kappa shape index (κ1) is 22.5. The molecule has 1 aromatic heterocycles. The molecular formula is C26H34N4O2S. The zero-order chi connectivity index (χ0) is 22.8. The summed E-state index contributed by atoms with van der Waals surface area (Å²) in [5.74, 6) is 4.69. The third-order valence-electron chi connectivity index (χ3n) is 7.60. The number of amides is 1. The Morgan fingerprint density at radius 3 is 2.58 bits per heavy atom. The molecule has 1 N–H and O–H groups in total. The molecule has 4 fully saturated rings. The van der Waals surface area contributed by atoms with Gasteiger partial charge in [0.2, 0.25) is 5.91 Å². The van der Waals surface area contributed by atoms with Gasteiger partial charge in [-0.05, 0) is 80.8 Å². The Balaban J connectivity index is 1.25. The number of allylic oxidation sites excluding steroid dienone is 1. The maximum atomic E-state index is 12.7. The molecule has 6 rings (SSSR count). The van der Waals surface area contributed by atoms with Crippen LogP contribution in [0.15, 0.2) is 42.1 Å². The van der Waals surface area contributed by atoms with Gasteiger partial charge in [-0.1, -0.05) is 30.0 Å². The van der Waals surface area contributed by atoms with Gasteiger partial charge in [0.25, 0.3) is 0 Å². The van der Waals surface area contributed by atoms with E-state index in [1.54, 1.807) is 0 Å². The molecule has 4 saturated carbocycles. The van der Waals surface area contributed by atoms with E-state index in [-0.39, 0.29) is 11.7 Å². The van der Waals surface area contributed by atoms with Gasteiger partial charge in [0.1, 0.15) is 11.6 Å². The number of carbonyl (C=O) groups is 1. The molecule has 1 heterocycles. The van der Waals surface area contributed by atoms with Crippen molar-refractivity contribution in [2.45, 2.75) is 63.6 Å². The van der Waals surface area contributed by atoms with Crippen molar-refractivity contribution in [2.24, 2.45) is 23.2 Å². The molecule has 33 heavy (non-hydrogen) atoms. The summed E-state index contributed by atoms with van der Waals surface area (Å²) in [6.45, 7) is 7.10. The second-order valence-electron chi connectivity index (χ2n) is 10.2. The summed E-state index contributed by atoms with van der Waals surface area (Å²) in [6.07, 6.45) is 11.3. The summed E-state index contributed by atoms with van der Waals surface area (Å²) < 4.78 is 7.78. The van der Waals surface area contributed by atoms with Crippen LogP contribution in [0.3, 0.4) is 0 Å². The third kappa shape index (κ3) is 4.84. The highest BCUT2D eigenvalue weighted by atomic mass is 32.2. The quantitative estimate of drug-likeness (QED) is 0.377. The number of anilines is 1. The van der Waals surface area contributed by atoms with E-state index in [1.807, 2.05) is 37.3 Å². The second-order valence-corrected chi connectivity index (χ2v) is 11.1. The monoisotopic (exact) mass is 466 g/mol. The van der Waals surface area contributed by atoms with E-state index in [4.69, 9.17) is 4.74 Å². The van der Waals surface area contributed by atoms with Crippen LogP contribution in [-0.2, 0) is 17.8 Å². The number of thioether (sulfide) groups is 1. The highest BCUT2D eigenvalue weighted by Gasteiger charge is 2.51. The van der Waals surface area contributed by atoms with Gasteiger partial charge >= 0.3 is 0 Å². The Hall–Kier alpha value is -2.28. The van der Waals surface area contributed by atoms with E-state index in [0.29, 0.717) is 30.0 Å². The van der Waals surface area contributed by atoms with Gasteiger partial charge in [-0.3, -0.25) is 4.79 Å². The molecule has 7 heteroatoms. The summed E-state index contributed by atoms with van der Waals surface area (Å²) >= 11 is 1.44. The highest BCUT2D eigenvalue weighted by molar-refractivity contribution is 7.99. The van der Waals surface area contributed by atoms with Crippen LogP contribution in [0, 0.1) is 23.2 Å². The van der Waals surface area contributed by atoms with Crippen LogP contribution >= 0.6 is 11.8 Å². The largest absolute Gasteiger partial charge is 0.492 e. The Morgan fingerprint density at radius 1 is 1.21 bits per heavy atom. The Bertz CT molecular complexity index is 982. The minimum absolute atomic E-state index is 0.0806. The average molecular weight is 467 g/mol.